The summed E-state index contributed by atoms with van der Waals surface area (Å²) in [5.41, 5.74) is -0.831. The second kappa shape index (κ2) is 7.81. The third-order valence-electron chi connectivity index (χ3n) is 2.79. The summed E-state index contributed by atoms with van der Waals surface area (Å²) >= 11 is 0. The fraction of sp³-hybridized carbons (Fsp3) is 0.462. The van der Waals surface area contributed by atoms with Gasteiger partial charge in [0, 0.05) is 14.2 Å². The van der Waals surface area contributed by atoms with Gasteiger partial charge in [-0.1, -0.05) is 0 Å². The first-order valence-electron chi connectivity index (χ1n) is 6.33. The molecule has 6 nitrogen and oxygen atoms in total. The first-order valence-corrected chi connectivity index (χ1v) is 7.94. The molecule has 0 saturated carbocycles. The number of carbonyl (C=O) groups is 1. The maximum Gasteiger partial charge on any atom is 0.416 e. The Balaban J connectivity index is 2.55. The van der Waals surface area contributed by atoms with Gasteiger partial charge in [-0.25, -0.2) is 4.79 Å². The molecule has 0 N–H and O–H groups in total. The zero-order chi connectivity index (χ0) is 17.7. The van der Waals surface area contributed by atoms with E-state index in [2.05, 4.69) is 9.05 Å². The molecule has 10 heteroatoms. The Morgan fingerprint density at radius 3 is 2.13 bits per heavy atom. The minimum atomic E-state index is -4.45. The molecule has 0 spiro atoms. The van der Waals surface area contributed by atoms with E-state index in [1.807, 2.05) is 0 Å². The van der Waals surface area contributed by atoms with E-state index in [1.165, 1.54) is 6.92 Å². The minimum Gasteiger partial charge on any atom is -0.482 e. The van der Waals surface area contributed by atoms with Gasteiger partial charge in [-0.2, -0.15) is 13.2 Å². The Kier molecular flexibility index (Phi) is 6.61. The van der Waals surface area contributed by atoms with Crippen molar-refractivity contribution >= 4 is 13.6 Å². The van der Waals surface area contributed by atoms with Crippen molar-refractivity contribution in [2.75, 3.05) is 20.8 Å². The van der Waals surface area contributed by atoms with Gasteiger partial charge in [-0.3, -0.25) is 4.57 Å². The predicted octanol–water partition coefficient (Wildman–Crippen LogP) is 3.46. The second-order valence-electron chi connectivity index (χ2n) is 4.30. The van der Waals surface area contributed by atoms with Gasteiger partial charge >= 0.3 is 19.7 Å². The van der Waals surface area contributed by atoms with Gasteiger partial charge in [0.25, 0.3) is 0 Å². The van der Waals surface area contributed by atoms with Crippen LogP contribution in [0.2, 0.25) is 0 Å². The molecule has 1 aromatic carbocycles. The number of hydrogen-bond donors (Lipinski definition) is 0. The molecule has 0 aliphatic carbocycles. The highest BCUT2D eigenvalue weighted by Crippen LogP contribution is 2.51. The molecule has 130 valence electrons. The summed E-state index contributed by atoms with van der Waals surface area (Å²) in [5, 5.41) is 0. The van der Waals surface area contributed by atoms with Crippen molar-refractivity contribution in [2.45, 2.75) is 18.9 Å². The van der Waals surface area contributed by atoms with E-state index in [0.29, 0.717) is 0 Å². The van der Waals surface area contributed by atoms with Crippen LogP contribution in [0.25, 0.3) is 0 Å². The number of carbonyl (C=O) groups excluding carboxylic acids is 1. The molecule has 0 aliphatic heterocycles. The van der Waals surface area contributed by atoms with E-state index in [4.69, 9.17) is 9.47 Å². The Morgan fingerprint density at radius 1 is 1.17 bits per heavy atom. The number of rotatable bonds is 7. The molecule has 0 heterocycles. The topological polar surface area (TPSA) is 71.1 Å². The molecule has 0 radical (unpaired) electrons. The third-order valence-corrected chi connectivity index (χ3v) is 4.81. The predicted molar refractivity (Wildman–Crippen MR) is 74.1 cm³/mol. The molecule has 0 bridgehead atoms. The van der Waals surface area contributed by atoms with Crippen molar-refractivity contribution < 1.29 is 41.1 Å². The standard InChI is InChI=1S/C13H16F3O6P/c1-9(23(18,19-2)20-3)22-12(17)8-21-11-6-4-10(5-7-11)13(14,15)16/h4-7,9H,8H2,1-3H3. The van der Waals surface area contributed by atoms with E-state index in [0.717, 1.165) is 38.5 Å². The lowest BCUT2D eigenvalue weighted by Gasteiger charge is -2.20. The average molecular weight is 356 g/mol. The van der Waals surface area contributed by atoms with Gasteiger partial charge in [0.2, 0.25) is 0 Å². The quantitative estimate of drug-likeness (QED) is 0.550. The summed E-state index contributed by atoms with van der Waals surface area (Å²) in [6.07, 6.45) is -4.45. The van der Waals surface area contributed by atoms with Crippen LogP contribution < -0.4 is 4.74 Å². The number of alkyl halides is 3. The Bertz CT molecular complexity index is 564. The van der Waals surface area contributed by atoms with Crippen LogP contribution in [0, 0.1) is 0 Å². The lowest BCUT2D eigenvalue weighted by molar-refractivity contribution is -0.148. The van der Waals surface area contributed by atoms with Crippen molar-refractivity contribution in [3.63, 3.8) is 0 Å². The van der Waals surface area contributed by atoms with E-state index >= 15 is 0 Å². The molecule has 1 rings (SSSR count). The van der Waals surface area contributed by atoms with Crippen LogP contribution in [-0.4, -0.2) is 32.6 Å². The van der Waals surface area contributed by atoms with Gasteiger partial charge in [-0.15, -0.1) is 0 Å². The van der Waals surface area contributed by atoms with Crippen LogP contribution in [-0.2, 0) is 29.3 Å². The van der Waals surface area contributed by atoms with Gasteiger partial charge in [0.15, 0.2) is 12.5 Å². The molecule has 1 unspecified atom stereocenters. The SMILES string of the molecule is COP(=O)(OC)C(C)OC(=O)COc1ccc(C(F)(F)F)cc1. The summed E-state index contributed by atoms with van der Waals surface area (Å²) in [6.45, 7) is 0.757. The molecule has 23 heavy (non-hydrogen) atoms. The van der Waals surface area contributed by atoms with Crippen LogP contribution >= 0.6 is 7.60 Å². The lowest BCUT2D eigenvalue weighted by atomic mass is 10.2. The summed E-state index contributed by atoms with van der Waals surface area (Å²) in [7, 11) is -1.28. The zero-order valence-corrected chi connectivity index (χ0v) is 13.5. The fourth-order valence-electron chi connectivity index (χ4n) is 1.54. The number of esters is 1. The summed E-state index contributed by atoms with van der Waals surface area (Å²) in [6, 6.07) is 3.81. The van der Waals surface area contributed by atoms with Crippen LogP contribution in [0.5, 0.6) is 5.75 Å². The monoisotopic (exact) mass is 356 g/mol. The normalized spacial score (nSPS) is 13.5. The lowest BCUT2D eigenvalue weighted by Crippen LogP contribution is -2.21. The van der Waals surface area contributed by atoms with Crippen molar-refractivity contribution in [2.24, 2.45) is 0 Å². The number of ether oxygens (including phenoxy) is 2. The van der Waals surface area contributed by atoms with Gasteiger partial charge < -0.3 is 18.5 Å². The molecular weight excluding hydrogens is 340 g/mol. The number of hydrogen-bond acceptors (Lipinski definition) is 6. The van der Waals surface area contributed by atoms with Crippen molar-refractivity contribution in [1.82, 2.24) is 0 Å². The van der Waals surface area contributed by atoms with Crippen molar-refractivity contribution in [1.29, 1.82) is 0 Å². The maximum atomic E-state index is 12.4. The molecule has 1 aromatic rings. The van der Waals surface area contributed by atoms with Crippen LogP contribution in [0.1, 0.15) is 12.5 Å². The number of benzene rings is 1. The highest BCUT2D eigenvalue weighted by Gasteiger charge is 2.33. The van der Waals surface area contributed by atoms with E-state index in [1.54, 1.807) is 0 Å². The largest absolute Gasteiger partial charge is 0.482 e. The Hall–Kier alpha value is -1.57. The van der Waals surface area contributed by atoms with Crippen molar-refractivity contribution in [3.8, 4) is 5.75 Å². The molecule has 0 saturated heterocycles. The smallest absolute Gasteiger partial charge is 0.416 e. The van der Waals surface area contributed by atoms with Gasteiger partial charge in [0.05, 0.1) is 5.56 Å². The van der Waals surface area contributed by atoms with Crippen molar-refractivity contribution in [3.05, 3.63) is 29.8 Å². The van der Waals surface area contributed by atoms with Gasteiger partial charge in [0.1, 0.15) is 5.75 Å². The van der Waals surface area contributed by atoms with E-state index < -0.39 is 37.8 Å². The zero-order valence-electron chi connectivity index (χ0n) is 12.6. The first-order chi connectivity index (χ1) is 10.6. The fourth-order valence-corrected chi connectivity index (χ4v) is 2.53. The molecule has 0 fully saturated rings. The van der Waals surface area contributed by atoms with Crippen LogP contribution in [0.3, 0.4) is 0 Å². The highest BCUT2D eigenvalue weighted by molar-refractivity contribution is 7.54. The molecule has 0 aliphatic rings. The molecule has 1 atom stereocenters. The van der Waals surface area contributed by atoms with Gasteiger partial charge in [-0.05, 0) is 31.2 Å². The van der Waals surface area contributed by atoms with E-state index in [9.17, 15) is 22.5 Å². The Labute approximate surface area is 131 Å². The van der Waals surface area contributed by atoms with E-state index in [-0.39, 0.29) is 5.75 Å². The third kappa shape index (κ3) is 5.53. The maximum absolute atomic E-state index is 12.4. The summed E-state index contributed by atoms with van der Waals surface area (Å²) in [4.78, 5) is 11.6. The Morgan fingerprint density at radius 2 is 1.70 bits per heavy atom. The molecule has 0 amide bonds. The average Bonchev–Trinajstić information content (AvgIpc) is 2.51. The summed E-state index contributed by atoms with van der Waals surface area (Å²) < 4.78 is 68.3. The highest BCUT2D eigenvalue weighted by atomic mass is 31.2. The summed E-state index contributed by atoms with van der Waals surface area (Å²) in [5.74, 6) is -1.96. The minimum absolute atomic E-state index is 0.0595. The molecular formula is C13H16F3O6P. The second-order valence-corrected chi connectivity index (χ2v) is 6.84. The number of halogens is 3. The van der Waals surface area contributed by atoms with Crippen LogP contribution in [0.4, 0.5) is 13.2 Å². The molecule has 0 aromatic heterocycles. The first kappa shape index (κ1) is 19.5. The van der Waals surface area contributed by atoms with Crippen LogP contribution in [0.15, 0.2) is 24.3 Å².